The van der Waals surface area contributed by atoms with Crippen molar-refractivity contribution in [2.75, 3.05) is 12.8 Å². The Bertz CT molecular complexity index is 1600. The van der Waals surface area contributed by atoms with Crippen LogP contribution in [0.25, 0.3) is 10.8 Å². The van der Waals surface area contributed by atoms with Crippen LogP contribution in [-0.4, -0.2) is 30.8 Å². The SMILES string of the molecule is COC(=O)[C@H](Cc1cc(Cl)c(OCc2cc(N)ccc2OCc2ccc3ccccc3c2)c(Cl)c1)NC(=O)OC(C)(C)C. The van der Waals surface area contributed by atoms with Crippen molar-refractivity contribution >= 4 is 51.7 Å². The first kappa shape index (κ1) is 31.8. The number of ether oxygens (including phenoxy) is 4. The Kier molecular flexibility index (Phi) is 10.3. The van der Waals surface area contributed by atoms with Gasteiger partial charge in [-0.15, -0.1) is 0 Å². The van der Waals surface area contributed by atoms with Crippen molar-refractivity contribution in [1.82, 2.24) is 5.32 Å². The van der Waals surface area contributed by atoms with Crippen molar-refractivity contribution < 1.29 is 28.5 Å². The maximum Gasteiger partial charge on any atom is 0.408 e. The molecule has 0 unspecified atom stereocenters. The number of nitrogens with one attached hydrogen (secondary N) is 1. The number of esters is 1. The van der Waals surface area contributed by atoms with E-state index in [-0.39, 0.29) is 28.8 Å². The Hall–Kier alpha value is -4.14. The van der Waals surface area contributed by atoms with E-state index in [0.717, 1.165) is 16.3 Å². The van der Waals surface area contributed by atoms with Crippen LogP contribution in [0.5, 0.6) is 11.5 Å². The lowest BCUT2D eigenvalue weighted by molar-refractivity contribution is -0.143. The highest BCUT2D eigenvalue weighted by molar-refractivity contribution is 6.37. The second kappa shape index (κ2) is 13.9. The van der Waals surface area contributed by atoms with Crippen molar-refractivity contribution in [3.05, 3.63) is 99.5 Å². The Morgan fingerprint density at radius 1 is 0.860 bits per heavy atom. The van der Waals surface area contributed by atoms with Gasteiger partial charge in [-0.05, 0) is 79.1 Å². The summed E-state index contributed by atoms with van der Waals surface area (Å²) in [5, 5.41) is 5.29. The van der Waals surface area contributed by atoms with Gasteiger partial charge in [0.05, 0.1) is 17.2 Å². The third-order valence-electron chi connectivity index (χ3n) is 6.34. The zero-order valence-corrected chi connectivity index (χ0v) is 25.9. The van der Waals surface area contributed by atoms with E-state index in [2.05, 4.69) is 29.6 Å². The van der Waals surface area contributed by atoms with Gasteiger partial charge in [0, 0.05) is 17.7 Å². The Morgan fingerprint density at radius 2 is 1.56 bits per heavy atom. The minimum absolute atomic E-state index is 0.0631. The number of nitrogens with two attached hydrogens (primary N) is 1. The van der Waals surface area contributed by atoms with E-state index in [1.54, 1.807) is 51.1 Å². The molecule has 0 aliphatic heterocycles. The van der Waals surface area contributed by atoms with Crippen LogP contribution in [0.4, 0.5) is 10.5 Å². The van der Waals surface area contributed by atoms with Crippen LogP contribution in [-0.2, 0) is 33.9 Å². The summed E-state index contributed by atoms with van der Waals surface area (Å²) in [5.74, 6) is 0.224. The lowest BCUT2D eigenvalue weighted by Gasteiger charge is -2.23. The zero-order valence-electron chi connectivity index (χ0n) is 24.4. The van der Waals surface area contributed by atoms with Gasteiger partial charge in [0.2, 0.25) is 0 Å². The molecule has 0 saturated heterocycles. The molecule has 4 aromatic rings. The number of hydrogen-bond donors (Lipinski definition) is 2. The van der Waals surface area contributed by atoms with Gasteiger partial charge in [0.25, 0.3) is 0 Å². The number of anilines is 1. The molecule has 0 aliphatic rings. The van der Waals surface area contributed by atoms with Gasteiger partial charge in [-0.1, -0.05) is 59.6 Å². The minimum atomic E-state index is -1.02. The highest BCUT2D eigenvalue weighted by Gasteiger charge is 2.26. The highest BCUT2D eigenvalue weighted by Crippen LogP contribution is 2.36. The standard InChI is InChI=1S/C33H34Cl2N2O6/c1-33(2,3)43-32(39)37-28(31(38)40-4)16-21-14-26(34)30(27(35)15-21)42-19-24-17-25(36)11-12-29(24)41-18-20-9-10-22-7-5-6-8-23(22)13-20/h5-15,17,28H,16,18-19,36H2,1-4H3,(H,37,39)/t28-/m0/s1. The third kappa shape index (κ3) is 8.92. The van der Waals surface area contributed by atoms with Crippen molar-refractivity contribution in [2.24, 2.45) is 0 Å². The zero-order chi connectivity index (χ0) is 31.1. The number of hydrogen-bond acceptors (Lipinski definition) is 7. The molecule has 0 spiro atoms. The van der Waals surface area contributed by atoms with E-state index < -0.39 is 23.7 Å². The van der Waals surface area contributed by atoms with E-state index in [1.165, 1.54) is 7.11 Å². The fourth-order valence-electron chi connectivity index (χ4n) is 4.38. The number of halogens is 2. The number of fused-ring (bicyclic) bond motifs is 1. The molecular formula is C33H34Cl2N2O6. The monoisotopic (exact) mass is 624 g/mol. The van der Waals surface area contributed by atoms with Crippen LogP contribution in [0.15, 0.2) is 72.8 Å². The number of nitrogen functional groups attached to an aromatic ring is 1. The molecule has 4 aromatic carbocycles. The van der Waals surface area contributed by atoms with E-state index in [0.29, 0.717) is 29.2 Å². The molecule has 0 radical (unpaired) electrons. The molecule has 0 saturated carbocycles. The molecule has 8 nitrogen and oxygen atoms in total. The molecule has 3 N–H and O–H groups in total. The number of alkyl carbamates (subject to hydrolysis) is 1. The second-order valence-electron chi connectivity index (χ2n) is 10.9. The van der Waals surface area contributed by atoms with Crippen LogP contribution >= 0.6 is 23.2 Å². The molecule has 0 aromatic heterocycles. The normalized spacial score (nSPS) is 12.0. The van der Waals surface area contributed by atoms with E-state index in [4.69, 9.17) is 47.9 Å². The van der Waals surface area contributed by atoms with Gasteiger partial charge in [-0.25, -0.2) is 9.59 Å². The molecule has 0 heterocycles. The summed E-state index contributed by atoms with van der Waals surface area (Å²) in [6.45, 7) is 5.61. The summed E-state index contributed by atoms with van der Waals surface area (Å²) in [7, 11) is 1.24. The van der Waals surface area contributed by atoms with Crippen molar-refractivity contribution in [1.29, 1.82) is 0 Å². The first-order valence-electron chi connectivity index (χ1n) is 13.6. The van der Waals surface area contributed by atoms with Gasteiger partial charge in [-0.2, -0.15) is 0 Å². The second-order valence-corrected chi connectivity index (χ2v) is 11.8. The summed E-state index contributed by atoms with van der Waals surface area (Å²) in [6.07, 6.45) is -0.686. The van der Waals surface area contributed by atoms with Crippen molar-refractivity contribution in [2.45, 2.75) is 52.0 Å². The molecule has 226 valence electrons. The van der Waals surface area contributed by atoms with E-state index >= 15 is 0 Å². The van der Waals surface area contributed by atoms with Crippen LogP contribution in [0.3, 0.4) is 0 Å². The molecule has 0 bridgehead atoms. The van der Waals surface area contributed by atoms with Gasteiger partial charge >= 0.3 is 12.1 Å². The van der Waals surface area contributed by atoms with Crippen molar-refractivity contribution in [3.63, 3.8) is 0 Å². The average Bonchev–Trinajstić information content (AvgIpc) is 2.94. The largest absolute Gasteiger partial charge is 0.488 e. The summed E-state index contributed by atoms with van der Waals surface area (Å²) >= 11 is 13.1. The Morgan fingerprint density at radius 3 is 2.23 bits per heavy atom. The number of carbonyl (C=O) groups excluding carboxylic acids is 2. The van der Waals surface area contributed by atoms with E-state index in [1.807, 2.05) is 18.2 Å². The first-order chi connectivity index (χ1) is 20.4. The molecule has 0 aliphatic carbocycles. The maximum absolute atomic E-state index is 12.4. The number of carbonyl (C=O) groups is 2. The van der Waals surface area contributed by atoms with Gasteiger partial charge in [-0.3, -0.25) is 0 Å². The molecular weight excluding hydrogens is 591 g/mol. The Labute approximate surface area is 261 Å². The highest BCUT2D eigenvalue weighted by atomic mass is 35.5. The molecule has 1 atom stereocenters. The average molecular weight is 626 g/mol. The summed E-state index contributed by atoms with van der Waals surface area (Å²) in [5.41, 5.74) is 8.19. The summed E-state index contributed by atoms with van der Waals surface area (Å²) in [6, 6.07) is 21.9. The quantitative estimate of drug-likeness (QED) is 0.139. The fourth-order valence-corrected chi connectivity index (χ4v) is 5.02. The summed E-state index contributed by atoms with van der Waals surface area (Å²) in [4.78, 5) is 24.7. The maximum atomic E-state index is 12.4. The molecule has 43 heavy (non-hydrogen) atoms. The predicted octanol–water partition coefficient (Wildman–Crippen LogP) is 7.50. The smallest absolute Gasteiger partial charge is 0.408 e. The van der Waals surface area contributed by atoms with Crippen LogP contribution in [0.2, 0.25) is 10.0 Å². The lowest BCUT2D eigenvalue weighted by atomic mass is 10.1. The fraction of sp³-hybridized carbons (Fsp3) is 0.273. The number of methoxy groups -OCH3 is 1. The van der Waals surface area contributed by atoms with E-state index in [9.17, 15) is 9.59 Å². The van der Waals surface area contributed by atoms with Gasteiger partial charge in [0.15, 0.2) is 5.75 Å². The topological polar surface area (TPSA) is 109 Å². The van der Waals surface area contributed by atoms with Crippen molar-refractivity contribution in [3.8, 4) is 11.5 Å². The third-order valence-corrected chi connectivity index (χ3v) is 6.90. The first-order valence-corrected chi connectivity index (χ1v) is 14.3. The predicted molar refractivity (Wildman–Crippen MR) is 169 cm³/mol. The molecule has 10 heteroatoms. The molecule has 4 rings (SSSR count). The van der Waals surface area contributed by atoms with Crippen LogP contribution < -0.4 is 20.5 Å². The van der Waals surface area contributed by atoms with Crippen LogP contribution in [0, 0.1) is 0 Å². The summed E-state index contributed by atoms with van der Waals surface area (Å²) < 4.78 is 22.3. The molecule has 1 amide bonds. The van der Waals surface area contributed by atoms with Crippen LogP contribution in [0.1, 0.15) is 37.5 Å². The number of amides is 1. The van der Waals surface area contributed by atoms with Gasteiger partial charge < -0.3 is 30.0 Å². The Balaban J connectivity index is 1.45. The number of benzene rings is 4. The lowest BCUT2D eigenvalue weighted by Crippen LogP contribution is -2.45. The minimum Gasteiger partial charge on any atom is -0.488 e. The van der Waals surface area contributed by atoms with Gasteiger partial charge in [0.1, 0.15) is 30.6 Å². The molecule has 0 fully saturated rings. The number of rotatable bonds is 10.